The van der Waals surface area contributed by atoms with Crippen molar-refractivity contribution >= 4 is 5.69 Å². The van der Waals surface area contributed by atoms with Gasteiger partial charge in [-0.25, -0.2) is 0 Å². The Morgan fingerprint density at radius 2 is 2.10 bits per heavy atom. The first-order chi connectivity index (χ1) is 4.70. The Morgan fingerprint density at radius 1 is 1.40 bits per heavy atom. The number of hydrogen-bond donors (Lipinski definition) is 0. The zero-order valence-electron chi connectivity index (χ0n) is 6.33. The molecule has 2 nitrogen and oxygen atoms in total. The maximum atomic E-state index is 4.05. The van der Waals surface area contributed by atoms with Crippen LogP contribution in [0.3, 0.4) is 0 Å². The third kappa shape index (κ3) is 1.47. The minimum absolute atomic E-state index is 0.811. The highest BCUT2D eigenvalue weighted by molar-refractivity contribution is 5.42. The predicted molar refractivity (Wildman–Crippen MR) is 43.0 cm³/mol. The van der Waals surface area contributed by atoms with Gasteiger partial charge in [-0.3, -0.25) is 4.98 Å². The summed E-state index contributed by atoms with van der Waals surface area (Å²) < 4.78 is 0. The molecule has 0 aliphatic carbocycles. The molecule has 10 heavy (non-hydrogen) atoms. The van der Waals surface area contributed by atoms with Crippen LogP contribution in [0.4, 0.5) is 5.69 Å². The summed E-state index contributed by atoms with van der Waals surface area (Å²) in [5, 5.41) is 0. The van der Waals surface area contributed by atoms with Gasteiger partial charge in [0.1, 0.15) is 0 Å². The first-order valence-corrected chi connectivity index (χ1v) is 3.15. The van der Waals surface area contributed by atoms with Gasteiger partial charge in [0.15, 0.2) is 0 Å². The lowest BCUT2D eigenvalue weighted by atomic mass is 10.3. The summed E-state index contributed by atoms with van der Waals surface area (Å²) in [4.78, 5) is 6.05. The molecule has 0 amide bonds. The van der Waals surface area contributed by atoms with Crippen molar-refractivity contribution in [2.45, 2.75) is 0 Å². The third-order valence-corrected chi connectivity index (χ3v) is 1.33. The van der Waals surface area contributed by atoms with Crippen molar-refractivity contribution in [3.05, 3.63) is 30.9 Å². The van der Waals surface area contributed by atoms with Crippen molar-refractivity contribution in [2.24, 2.45) is 0 Å². The number of rotatable bonds is 1. The van der Waals surface area contributed by atoms with Crippen molar-refractivity contribution < 1.29 is 0 Å². The van der Waals surface area contributed by atoms with E-state index in [1.807, 2.05) is 37.3 Å². The standard InChI is InChI=1S/C8H11N2/c1-7-4-5-8(6-9-7)10(2)3/h4-6H,1H2,2-3H3. The van der Waals surface area contributed by atoms with Crippen LogP contribution in [0.1, 0.15) is 5.69 Å². The van der Waals surface area contributed by atoms with Crippen molar-refractivity contribution in [3.63, 3.8) is 0 Å². The normalized spacial score (nSPS) is 9.50. The summed E-state index contributed by atoms with van der Waals surface area (Å²) >= 11 is 0. The SMILES string of the molecule is [CH2]c1ccc(N(C)C)cn1. The van der Waals surface area contributed by atoms with Gasteiger partial charge in [0, 0.05) is 19.8 Å². The number of nitrogens with zero attached hydrogens (tertiary/aromatic N) is 2. The molecule has 1 radical (unpaired) electrons. The molecule has 0 aromatic carbocycles. The van der Waals surface area contributed by atoms with Gasteiger partial charge in [0.2, 0.25) is 0 Å². The van der Waals surface area contributed by atoms with Gasteiger partial charge in [-0.2, -0.15) is 0 Å². The van der Waals surface area contributed by atoms with E-state index in [0.717, 1.165) is 11.4 Å². The Kier molecular flexibility index (Phi) is 1.90. The van der Waals surface area contributed by atoms with Gasteiger partial charge >= 0.3 is 0 Å². The van der Waals surface area contributed by atoms with Crippen LogP contribution >= 0.6 is 0 Å². The summed E-state index contributed by atoms with van der Waals surface area (Å²) in [5.74, 6) is 0. The number of hydrogen-bond acceptors (Lipinski definition) is 2. The molecular formula is C8H11N2. The summed E-state index contributed by atoms with van der Waals surface area (Å²) in [6, 6.07) is 3.89. The van der Waals surface area contributed by atoms with Crippen LogP contribution < -0.4 is 4.90 Å². The molecule has 0 aliphatic heterocycles. The zero-order valence-corrected chi connectivity index (χ0v) is 6.33. The molecule has 1 rings (SSSR count). The summed E-state index contributed by atoms with van der Waals surface area (Å²) in [7, 11) is 3.97. The molecule has 0 unspecified atom stereocenters. The topological polar surface area (TPSA) is 16.1 Å². The average Bonchev–Trinajstić information content (AvgIpc) is 1.88. The molecule has 0 fully saturated rings. The quantitative estimate of drug-likeness (QED) is 0.577. The largest absolute Gasteiger partial charge is 0.376 e. The van der Waals surface area contributed by atoms with E-state index in [4.69, 9.17) is 0 Å². The Balaban J connectivity index is 2.89. The van der Waals surface area contributed by atoms with Gasteiger partial charge < -0.3 is 4.90 Å². The van der Waals surface area contributed by atoms with Gasteiger partial charge in [0.05, 0.1) is 11.9 Å². The molecule has 0 aliphatic rings. The van der Waals surface area contributed by atoms with Gasteiger partial charge in [-0.15, -0.1) is 0 Å². The molecule has 0 saturated heterocycles. The van der Waals surface area contributed by atoms with Crippen LogP contribution in [0.2, 0.25) is 0 Å². The molecule has 0 N–H and O–H groups in total. The molecule has 0 atom stereocenters. The lowest BCUT2D eigenvalue weighted by molar-refractivity contribution is 1.10. The van der Waals surface area contributed by atoms with E-state index in [-0.39, 0.29) is 0 Å². The van der Waals surface area contributed by atoms with Gasteiger partial charge in [-0.05, 0) is 19.1 Å². The molecule has 1 heterocycles. The number of aromatic nitrogens is 1. The Morgan fingerprint density at radius 3 is 2.50 bits per heavy atom. The summed E-state index contributed by atoms with van der Waals surface area (Å²) in [6.45, 7) is 3.69. The second-order valence-electron chi connectivity index (χ2n) is 2.40. The van der Waals surface area contributed by atoms with E-state index in [0.29, 0.717) is 0 Å². The zero-order chi connectivity index (χ0) is 7.56. The van der Waals surface area contributed by atoms with Crippen molar-refractivity contribution in [2.75, 3.05) is 19.0 Å². The van der Waals surface area contributed by atoms with E-state index in [1.54, 1.807) is 0 Å². The minimum atomic E-state index is 0.811. The fourth-order valence-electron chi connectivity index (χ4n) is 0.681. The van der Waals surface area contributed by atoms with E-state index < -0.39 is 0 Å². The second kappa shape index (κ2) is 2.69. The average molecular weight is 135 g/mol. The minimum Gasteiger partial charge on any atom is -0.376 e. The van der Waals surface area contributed by atoms with Gasteiger partial charge in [0.25, 0.3) is 0 Å². The highest BCUT2D eigenvalue weighted by Gasteiger charge is 1.92. The van der Waals surface area contributed by atoms with E-state index in [2.05, 4.69) is 11.9 Å². The number of anilines is 1. The highest BCUT2D eigenvalue weighted by Crippen LogP contribution is 2.07. The fourth-order valence-corrected chi connectivity index (χ4v) is 0.681. The maximum Gasteiger partial charge on any atom is 0.0547 e. The molecular weight excluding hydrogens is 124 g/mol. The van der Waals surface area contributed by atoms with Crippen LogP contribution in [0.5, 0.6) is 0 Å². The first kappa shape index (κ1) is 7.06. The fraction of sp³-hybridized carbons (Fsp3) is 0.250. The molecule has 1 aromatic heterocycles. The van der Waals surface area contributed by atoms with Crippen molar-refractivity contribution in [3.8, 4) is 0 Å². The third-order valence-electron chi connectivity index (χ3n) is 1.33. The van der Waals surface area contributed by atoms with Crippen LogP contribution in [0.15, 0.2) is 18.3 Å². The lowest BCUT2D eigenvalue weighted by Crippen LogP contribution is -2.08. The van der Waals surface area contributed by atoms with Crippen LogP contribution in [0.25, 0.3) is 0 Å². The van der Waals surface area contributed by atoms with E-state index in [9.17, 15) is 0 Å². The monoisotopic (exact) mass is 135 g/mol. The second-order valence-corrected chi connectivity index (χ2v) is 2.40. The van der Waals surface area contributed by atoms with E-state index >= 15 is 0 Å². The molecule has 0 bridgehead atoms. The van der Waals surface area contributed by atoms with Gasteiger partial charge in [-0.1, -0.05) is 0 Å². The first-order valence-electron chi connectivity index (χ1n) is 3.15. The summed E-state index contributed by atoms with van der Waals surface area (Å²) in [5.41, 5.74) is 1.91. The molecule has 2 heteroatoms. The van der Waals surface area contributed by atoms with Crippen molar-refractivity contribution in [1.29, 1.82) is 0 Å². The molecule has 1 aromatic rings. The summed E-state index contributed by atoms with van der Waals surface area (Å²) in [6.07, 6.45) is 1.81. The highest BCUT2D eigenvalue weighted by atomic mass is 15.1. The van der Waals surface area contributed by atoms with Crippen LogP contribution in [-0.2, 0) is 0 Å². The molecule has 0 spiro atoms. The van der Waals surface area contributed by atoms with E-state index in [1.165, 1.54) is 0 Å². The van der Waals surface area contributed by atoms with Crippen LogP contribution in [-0.4, -0.2) is 19.1 Å². The Labute approximate surface area is 61.5 Å². The van der Waals surface area contributed by atoms with Crippen molar-refractivity contribution in [1.82, 2.24) is 4.98 Å². The predicted octanol–water partition coefficient (Wildman–Crippen LogP) is 1.33. The lowest BCUT2D eigenvalue weighted by Gasteiger charge is -2.10. The molecule has 53 valence electrons. The number of pyridine rings is 1. The smallest absolute Gasteiger partial charge is 0.0547 e. The molecule has 0 saturated carbocycles. The Bertz CT molecular complexity index is 201. The maximum absolute atomic E-state index is 4.05. The van der Waals surface area contributed by atoms with Crippen LogP contribution in [0, 0.1) is 6.92 Å². The Hall–Kier alpha value is -1.05.